The van der Waals surface area contributed by atoms with Crippen LogP contribution in [0.15, 0.2) is 23.4 Å². The fraction of sp³-hybridized carbons (Fsp3) is 0.421. The fourth-order valence-corrected chi connectivity index (χ4v) is 4.28. The molecule has 1 N–H and O–H groups in total. The number of hydrogen-bond acceptors (Lipinski definition) is 7. The van der Waals surface area contributed by atoms with Gasteiger partial charge in [-0.3, -0.25) is 14.7 Å². The van der Waals surface area contributed by atoms with Gasteiger partial charge in [-0.2, -0.15) is 0 Å². The van der Waals surface area contributed by atoms with Crippen molar-refractivity contribution < 1.29 is 4.79 Å². The SMILES string of the molecule is CCCCc1nnc(NC(=O)CSc2nnc(C)n2-c2cc(C)ccc2C)s1. The maximum Gasteiger partial charge on any atom is 0.236 e. The summed E-state index contributed by atoms with van der Waals surface area (Å²) in [5.74, 6) is 0.894. The zero-order valence-corrected chi connectivity index (χ0v) is 18.2. The van der Waals surface area contributed by atoms with Gasteiger partial charge in [0, 0.05) is 6.42 Å². The molecule has 3 aromatic rings. The maximum absolute atomic E-state index is 12.3. The molecule has 0 unspecified atom stereocenters. The maximum atomic E-state index is 12.3. The number of unbranched alkanes of at least 4 members (excludes halogenated alkanes) is 1. The molecular weight excluding hydrogens is 392 g/mol. The van der Waals surface area contributed by atoms with Gasteiger partial charge in [0.1, 0.15) is 10.8 Å². The Kier molecular flexibility index (Phi) is 6.79. The molecule has 9 heteroatoms. The van der Waals surface area contributed by atoms with Crippen molar-refractivity contribution in [1.29, 1.82) is 0 Å². The van der Waals surface area contributed by atoms with Crippen LogP contribution in [0.5, 0.6) is 0 Å². The van der Waals surface area contributed by atoms with Crippen molar-refractivity contribution in [2.45, 2.75) is 52.1 Å². The van der Waals surface area contributed by atoms with Crippen LogP contribution < -0.4 is 5.32 Å². The van der Waals surface area contributed by atoms with E-state index in [0.29, 0.717) is 10.3 Å². The summed E-state index contributed by atoms with van der Waals surface area (Å²) < 4.78 is 1.99. The summed E-state index contributed by atoms with van der Waals surface area (Å²) in [5.41, 5.74) is 3.33. The van der Waals surface area contributed by atoms with Crippen LogP contribution in [0.2, 0.25) is 0 Å². The highest BCUT2D eigenvalue weighted by atomic mass is 32.2. The largest absolute Gasteiger partial charge is 0.300 e. The lowest BCUT2D eigenvalue weighted by molar-refractivity contribution is -0.113. The summed E-state index contributed by atoms with van der Waals surface area (Å²) in [6, 6.07) is 6.27. The molecule has 148 valence electrons. The molecule has 0 atom stereocenters. The number of aromatic nitrogens is 5. The summed E-state index contributed by atoms with van der Waals surface area (Å²) in [6.07, 6.45) is 3.08. The zero-order chi connectivity index (χ0) is 20.1. The van der Waals surface area contributed by atoms with E-state index in [1.807, 2.05) is 11.5 Å². The first-order valence-electron chi connectivity index (χ1n) is 9.22. The molecule has 28 heavy (non-hydrogen) atoms. The predicted octanol–water partition coefficient (Wildman–Crippen LogP) is 4.12. The van der Waals surface area contributed by atoms with Crippen LogP contribution in [0.25, 0.3) is 5.69 Å². The Balaban J connectivity index is 1.66. The van der Waals surface area contributed by atoms with E-state index in [-0.39, 0.29) is 11.7 Å². The Morgan fingerprint density at radius 2 is 2.00 bits per heavy atom. The van der Waals surface area contributed by atoms with E-state index in [2.05, 4.69) is 64.7 Å². The van der Waals surface area contributed by atoms with E-state index in [1.54, 1.807) is 0 Å². The lowest BCUT2D eigenvalue weighted by Gasteiger charge is -2.12. The highest BCUT2D eigenvalue weighted by molar-refractivity contribution is 7.99. The number of benzene rings is 1. The molecule has 2 heterocycles. The van der Waals surface area contributed by atoms with Crippen molar-refractivity contribution in [2.24, 2.45) is 0 Å². The molecular formula is C19H24N6OS2. The summed E-state index contributed by atoms with van der Waals surface area (Å²) in [5, 5.41) is 21.6. The molecule has 0 bridgehead atoms. The number of amides is 1. The van der Waals surface area contributed by atoms with Crippen molar-refractivity contribution in [3.05, 3.63) is 40.2 Å². The normalized spacial score (nSPS) is 11.0. The molecule has 0 fully saturated rings. The highest BCUT2D eigenvalue weighted by Gasteiger charge is 2.16. The highest BCUT2D eigenvalue weighted by Crippen LogP contribution is 2.25. The van der Waals surface area contributed by atoms with E-state index in [4.69, 9.17) is 0 Å². The molecule has 0 aliphatic carbocycles. The number of nitrogens with zero attached hydrogens (tertiary/aromatic N) is 5. The number of hydrogen-bond donors (Lipinski definition) is 1. The zero-order valence-electron chi connectivity index (χ0n) is 16.5. The van der Waals surface area contributed by atoms with E-state index in [9.17, 15) is 4.79 Å². The van der Waals surface area contributed by atoms with E-state index < -0.39 is 0 Å². The van der Waals surface area contributed by atoms with E-state index >= 15 is 0 Å². The van der Waals surface area contributed by atoms with Gasteiger partial charge in [0.05, 0.1) is 11.4 Å². The van der Waals surface area contributed by atoms with E-state index in [0.717, 1.165) is 46.9 Å². The van der Waals surface area contributed by atoms with Crippen molar-refractivity contribution in [3.63, 3.8) is 0 Å². The van der Waals surface area contributed by atoms with Crippen LogP contribution in [-0.2, 0) is 11.2 Å². The summed E-state index contributed by atoms with van der Waals surface area (Å²) >= 11 is 2.79. The predicted molar refractivity (Wildman–Crippen MR) is 113 cm³/mol. The molecule has 0 spiro atoms. The number of aryl methyl sites for hydroxylation is 4. The quantitative estimate of drug-likeness (QED) is 0.556. The van der Waals surface area contributed by atoms with Crippen molar-refractivity contribution in [1.82, 2.24) is 25.0 Å². The average molecular weight is 417 g/mol. The van der Waals surface area contributed by atoms with Crippen molar-refractivity contribution in [2.75, 3.05) is 11.1 Å². The average Bonchev–Trinajstić information content (AvgIpc) is 3.26. The summed E-state index contributed by atoms with van der Waals surface area (Å²) in [7, 11) is 0. The molecule has 1 amide bonds. The second-order valence-corrected chi connectivity index (χ2v) is 8.60. The number of rotatable bonds is 8. The lowest BCUT2D eigenvalue weighted by atomic mass is 10.1. The van der Waals surface area contributed by atoms with E-state index in [1.165, 1.54) is 23.1 Å². The first-order chi connectivity index (χ1) is 13.5. The number of carbonyl (C=O) groups is 1. The first kappa shape index (κ1) is 20.5. The van der Waals surface area contributed by atoms with Gasteiger partial charge in [0.15, 0.2) is 5.16 Å². The molecule has 0 aliphatic rings. The molecule has 0 radical (unpaired) electrons. The van der Waals surface area contributed by atoms with Gasteiger partial charge in [-0.25, -0.2) is 0 Å². The van der Waals surface area contributed by atoms with Gasteiger partial charge in [-0.15, -0.1) is 20.4 Å². The Morgan fingerprint density at radius 3 is 2.79 bits per heavy atom. The molecule has 0 aliphatic heterocycles. The molecule has 0 saturated heterocycles. The Labute approximate surface area is 173 Å². The van der Waals surface area contributed by atoms with Gasteiger partial charge < -0.3 is 0 Å². The molecule has 1 aromatic carbocycles. The third-order valence-corrected chi connectivity index (χ3v) is 6.02. The van der Waals surface area contributed by atoms with Crippen molar-refractivity contribution in [3.8, 4) is 5.69 Å². The van der Waals surface area contributed by atoms with Gasteiger partial charge in [0.2, 0.25) is 11.0 Å². The second-order valence-electron chi connectivity index (χ2n) is 6.60. The summed E-state index contributed by atoms with van der Waals surface area (Å²) in [6.45, 7) is 8.16. The fourth-order valence-electron chi connectivity index (χ4n) is 2.69. The first-order valence-corrected chi connectivity index (χ1v) is 11.0. The molecule has 3 rings (SSSR count). The number of nitrogens with one attached hydrogen (secondary N) is 1. The van der Waals surface area contributed by atoms with Crippen LogP contribution in [0, 0.1) is 20.8 Å². The minimum atomic E-state index is -0.128. The summed E-state index contributed by atoms with van der Waals surface area (Å²) in [4.78, 5) is 12.3. The van der Waals surface area contributed by atoms with Crippen LogP contribution in [0.3, 0.4) is 0 Å². The molecule has 7 nitrogen and oxygen atoms in total. The Morgan fingerprint density at radius 1 is 1.18 bits per heavy atom. The third kappa shape index (κ3) is 4.96. The van der Waals surface area contributed by atoms with Crippen LogP contribution in [0.1, 0.15) is 41.7 Å². The standard InChI is InChI=1S/C19H24N6OS2/c1-5-6-7-17-22-23-18(28-17)20-16(26)11-27-19-24-21-14(4)25(19)15-10-12(2)8-9-13(15)3/h8-10H,5-7,11H2,1-4H3,(H,20,23,26). The minimum Gasteiger partial charge on any atom is -0.300 e. The van der Waals surface area contributed by atoms with Gasteiger partial charge in [0.25, 0.3) is 0 Å². The Hall–Kier alpha value is -2.26. The minimum absolute atomic E-state index is 0.128. The molecule has 0 saturated carbocycles. The monoisotopic (exact) mass is 416 g/mol. The van der Waals surface area contributed by atoms with Gasteiger partial charge in [-0.05, 0) is 44.4 Å². The number of anilines is 1. The van der Waals surface area contributed by atoms with Crippen LogP contribution in [0.4, 0.5) is 5.13 Å². The number of thioether (sulfide) groups is 1. The topological polar surface area (TPSA) is 85.6 Å². The van der Waals surface area contributed by atoms with Crippen LogP contribution in [-0.4, -0.2) is 36.6 Å². The van der Waals surface area contributed by atoms with Gasteiger partial charge in [-0.1, -0.05) is 48.6 Å². The van der Waals surface area contributed by atoms with Crippen molar-refractivity contribution >= 4 is 34.1 Å². The molecule has 2 aromatic heterocycles. The van der Waals surface area contributed by atoms with Gasteiger partial charge >= 0.3 is 0 Å². The van der Waals surface area contributed by atoms with Crippen LogP contribution >= 0.6 is 23.1 Å². The lowest BCUT2D eigenvalue weighted by Crippen LogP contribution is -2.14. The third-order valence-electron chi connectivity index (χ3n) is 4.19. The second kappa shape index (κ2) is 9.29. The number of carbonyl (C=O) groups excluding carboxylic acids is 1. The Bertz CT molecular complexity index is 965. The smallest absolute Gasteiger partial charge is 0.236 e.